The van der Waals surface area contributed by atoms with Crippen LogP contribution in [-0.4, -0.2) is 13.5 Å². The fourth-order valence-electron chi connectivity index (χ4n) is 1.80. The molecule has 7 heteroatoms. The summed E-state index contributed by atoms with van der Waals surface area (Å²) >= 11 is 1.45. The maximum atomic E-state index is 11.7. The predicted octanol–water partition coefficient (Wildman–Crippen LogP) is 2.43. The Morgan fingerprint density at radius 2 is 1.95 bits per heavy atom. The zero-order valence-corrected chi connectivity index (χ0v) is 11.3. The molecule has 0 radical (unpaired) electrons. The number of thiophene rings is 1. The van der Waals surface area contributed by atoms with Crippen molar-refractivity contribution >= 4 is 27.2 Å². The average Bonchev–Trinajstić information content (AvgIpc) is 2.94. The van der Waals surface area contributed by atoms with Crippen LogP contribution in [0.2, 0.25) is 0 Å². The molecule has 1 aliphatic heterocycles. The minimum absolute atomic E-state index is 0.382. The summed E-state index contributed by atoms with van der Waals surface area (Å²) in [7, 11) is -3.71. The number of anilines is 1. The third kappa shape index (κ3) is 2.18. The molecule has 1 aromatic carbocycles. The van der Waals surface area contributed by atoms with Gasteiger partial charge in [-0.3, -0.25) is 0 Å². The van der Waals surface area contributed by atoms with E-state index in [-0.39, 0.29) is 5.88 Å². The van der Waals surface area contributed by atoms with Gasteiger partial charge in [0.25, 0.3) is 0 Å². The topological polar surface area (TPSA) is 69.6 Å². The Bertz CT molecular complexity index is 735. The average molecular weight is 294 g/mol. The van der Waals surface area contributed by atoms with Gasteiger partial charge in [0.15, 0.2) is 0 Å². The third-order valence-electron chi connectivity index (χ3n) is 2.63. The van der Waals surface area contributed by atoms with E-state index in [1.54, 1.807) is 11.4 Å². The van der Waals surface area contributed by atoms with E-state index < -0.39 is 10.2 Å². The van der Waals surface area contributed by atoms with Crippen molar-refractivity contribution in [1.82, 2.24) is 4.72 Å². The molecule has 0 fully saturated rings. The molecule has 0 bridgehead atoms. The fraction of sp³-hybridized carbons (Fsp3) is 0. The first kappa shape index (κ1) is 12.1. The van der Waals surface area contributed by atoms with Gasteiger partial charge in [0.05, 0.1) is 11.9 Å². The van der Waals surface area contributed by atoms with Crippen molar-refractivity contribution in [2.75, 3.05) is 4.31 Å². The van der Waals surface area contributed by atoms with Crippen LogP contribution in [0.1, 0.15) is 0 Å². The summed E-state index contributed by atoms with van der Waals surface area (Å²) in [6.45, 7) is 0. The Kier molecular flexibility index (Phi) is 2.72. The molecule has 98 valence electrons. The largest absolute Gasteiger partial charge is 0.493 e. The van der Waals surface area contributed by atoms with Crippen LogP contribution in [0.15, 0.2) is 53.9 Å². The van der Waals surface area contributed by atoms with Crippen molar-refractivity contribution in [1.29, 1.82) is 0 Å². The highest BCUT2D eigenvalue weighted by Crippen LogP contribution is 2.33. The van der Waals surface area contributed by atoms with E-state index >= 15 is 0 Å². The van der Waals surface area contributed by atoms with Crippen molar-refractivity contribution in [2.24, 2.45) is 0 Å². The molecule has 5 nitrogen and oxygen atoms in total. The van der Waals surface area contributed by atoms with Gasteiger partial charge in [-0.15, -0.1) is 11.3 Å². The molecule has 1 aromatic heterocycles. The summed E-state index contributed by atoms with van der Waals surface area (Å²) in [6.07, 6.45) is 1.14. The lowest BCUT2D eigenvalue weighted by molar-refractivity contribution is 0.392. The first-order valence-corrected chi connectivity index (χ1v) is 7.75. The fourth-order valence-corrected chi connectivity index (χ4v) is 3.79. The molecule has 3 rings (SSSR count). The molecule has 2 aromatic rings. The lowest BCUT2D eigenvalue weighted by atomic mass is 10.2. The molecule has 0 amide bonds. The van der Waals surface area contributed by atoms with Gasteiger partial charge >= 0.3 is 10.2 Å². The van der Waals surface area contributed by atoms with E-state index in [2.05, 4.69) is 0 Å². The van der Waals surface area contributed by atoms with Crippen molar-refractivity contribution in [2.45, 2.75) is 0 Å². The highest BCUT2D eigenvalue weighted by molar-refractivity contribution is 7.91. The Hall–Kier alpha value is -1.99. The third-order valence-corrected chi connectivity index (χ3v) is 4.90. The van der Waals surface area contributed by atoms with E-state index in [1.807, 2.05) is 35.1 Å². The highest BCUT2D eigenvalue weighted by Gasteiger charge is 2.29. The molecule has 0 saturated carbocycles. The summed E-state index contributed by atoms with van der Waals surface area (Å²) < 4.78 is 26.5. The van der Waals surface area contributed by atoms with Crippen molar-refractivity contribution < 1.29 is 13.5 Å². The molecule has 2 heterocycles. The predicted molar refractivity (Wildman–Crippen MR) is 75.0 cm³/mol. The van der Waals surface area contributed by atoms with Crippen LogP contribution in [0.25, 0.3) is 10.4 Å². The Morgan fingerprint density at radius 3 is 2.58 bits per heavy atom. The Balaban J connectivity index is 1.99. The molecular formula is C12H10N2O3S2. The van der Waals surface area contributed by atoms with Crippen LogP contribution in [0.5, 0.6) is 0 Å². The molecule has 0 spiro atoms. The molecule has 0 atom stereocenters. The molecule has 0 saturated heterocycles. The first-order valence-electron chi connectivity index (χ1n) is 5.43. The second-order valence-corrected chi connectivity index (χ2v) is 6.41. The van der Waals surface area contributed by atoms with Gasteiger partial charge < -0.3 is 5.11 Å². The van der Waals surface area contributed by atoms with Crippen LogP contribution < -0.4 is 9.03 Å². The molecule has 1 aliphatic rings. The van der Waals surface area contributed by atoms with Crippen molar-refractivity contribution in [3.63, 3.8) is 0 Å². The first-order chi connectivity index (χ1) is 9.06. The number of hydrogen-bond donors (Lipinski definition) is 2. The summed E-state index contributed by atoms with van der Waals surface area (Å²) in [5.41, 5.74) is 1.52. The van der Waals surface area contributed by atoms with Gasteiger partial charge in [-0.1, -0.05) is 30.3 Å². The number of nitrogens with one attached hydrogen (secondary N) is 1. The van der Waals surface area contributed by atoms with E-state index in [4.69, 9.17) is 0 Å². The number of hydrogen-bond acceptors (Lipinski definition) is 4. The van der Waals surface area contributed by atoms with Gasteiger partial charge in [0.1, 0.15) is 0 Å². The summed E-state index contributed by atoms with van der Waals surface area (Å²) in [4.78, 5) is 0.964. The zero-order valence-electron chi connectivity index (χ0n) is 9.65. The van der Waals surface area contributed by atoms with Gasteiger partial charge in [-0.05, 0) is 11.6 Å². The Morgan fingerprint density at radius 1 is 1.21 bits per heavy atom. The minimum Gasteiger partial charge on any atom is -0.493 e. The molecule has 19 heavy (non-hydrogen) atoms. The highest BCUT2D eigenvalue weighted by atomic mass is 32.2. The maximum Gasteiger partial charge on any atom is 0.330 e. The van der Waals surface area contributed by atoms with E-state index in [0.717, 1.165) is 20.9 Å². The normalized spacial score (nSPS) is 17.1. The van der Waals surface area contributed by atoms with Crippen LogP contribution >= 0.6 is 11.3 Å². The van der Waals surface area contributed by atoms with Crippen molar-refractivity contribution in [3.8, 4) is 10.4 Å². The second-order valence-electron chi connectivity index (χ2n) is 3.95. The number of rotatable bonds is 2. The lowest BCUT2D eigenvalue weighted by Gasteiger charge is -2.10. The zero-order chi connectivity index (χ0) is 13.5. The molecule has 2 N–H and O–H groups in total. The molecular weight excluding hydrogens is 284 g/mol. The van der Waals surface area contributed by atoms with E-state index in [0.29, 0.717) is 5.69 Å². The van der Waals surface area contributed by atoms with Crippen LogP contribution in [0.3, 0.4) is 0 Å². The van der Waals surface area contributed by atoms with Gasteiger partial charge in [0.2, 0.25) is 5.88 Å². The maximum absolute atomic E-state index is 11.7. The number of aliphatic hydroxyl groups excluding tert-OH is 1. The smallest absolute Gasteiger partial charge is 0.330 e. The van der Waals surface area contributed by atoms with Crippen LogP contribution in [-0.2, 0) is 10.2 Å². The number of nitrogens with zero attached hydrogens (tertiary/aromatic N) is 1. The monoisotopic (exact) mass is 294 g/mol. The Labute approximate surface area is 114 Å². The minimum atomic E-state index is -3.71. The lowest BCUT2D eigenvalue weighted by Crippen LogP contribution is -2.29. The SMILES string of the molecule is O=S1(=O)NC(O)=CN1c1csc(-c2ccccc2)c1. The van der Waals surface area contributed by atoms with Crippen molar-refractivity contribution in [3.05, 3.63) is 53.9 Å². The van der Waals surface area contributed by atoms with Gasteiger partial charge in [-0.25, -0.2) is 9.03 Å². The second kappa shape index (κ2) is 4.29. The van der Waals surface area contributed by atoms with Gasteiger partial charge in [-0.2, -0.15) is 8.42 Å². The summed E-state index contributed by atoms with van der Waals surface area (Å²) in [6, 6.07) is 11.5. The van der Waals surface area contributed by atoms with E-state index in [1.165, 1.54) is 11.3 Å². The number of aliphatic hydroxyl groups is 1. The van der Waals surface area contributed by atoms with Gasteiger partial charge in [0, 0.05) is 10.3 Å². The van der Waals surface area contributed by atoms with Crippen LogP contribution in [0.4, 0.5) is 5.69 Å². The van der Waals surface area contributed by atoms with E-state index in [9.17, 15) is 13.5 Å². The van der Waals surface area contributed by atoms with Crippen LogP contribution in [0, 0.1) is 0 Å². The summed E-state index contributed by atoms with van der Waals surface area (Å²) in [5.74, 6) is -0.382. The number of benzene rings is 1. The quantitative estimate of drug-likeness (QED) is 0.893. The molecule has 0 unspecified atom stereocenters. The molecule has 0 aliphatic carbocycles. The standard InChI is InChI=1S/C12H10N2O3S2/c15-12-7-14(19(16,17)13-12)10-6-11(18-8-10)9-4-2-1-3-5-9/h1-8,13,15H. The summed E-state index contributed by atoms with van der Waals surface area (Å²) in [5, 5.41) is 11.0.